The second kappa shape index (κ2) is 4.49. The number of aliphatic hydroxyl groups is 1. The third kappa shape index (κ3) is 2.31. The van der Waals surface area contributed by atoms with Crippen LogP contribution in [-0.4, -0.2) is 14.7 Å². The van der Waals surface area contributed by atoms with Crippen LogP contribution in [0.1, 0.15) is 22.8 Å². The number of benzene rings is 1. The van der Waals surface area contributed by atoms with E-state index in [0.717, 1.165) is 5.56 Å². The van der Waals surface area contributed by atoms with E-state index in [4.69, 9.17) is 0 Å². The number of aromatic nitrogens is 2. The standard InChI is InChI=1S/C13H16N2O/c1-10-3-4-12(7-11(10)2)13(16)8-15-6-5-14-9-15/h3-7,9,13,16H,8H2,1-2H3. The molecule has 0 spiro atoms. The summed E-state index contributed by atoms with van der Waals surface area (Å²) in [7, 11) is 0. The number of aliphatic hydroxyl groups excluding tert-OH is 1. The van der Waals surface area contributed by atoms with Gasteiger partial charge in [0.1, 0.15) is 0 Å². The summed E-state index contributed by atoms with van der Waals surface area (Å²) in [6.45, 7) is 4.67. The van der Waals surface area contributed by atoms with Crippen LogP contribution in [0.2, 0.25) is 0 Å². The molecule has 0 aliphatic rings. The van der Waals surface area contributed by atoms with Crippen molar-refractivity contribution in [2.75, 3.05) is 0 Å². The number of rotatable bonds is 3. The molecule has 0 aliphatic heterocycles. The van der Waals surface area contributed by atoms with Gasteiger partial charge in [-0.2, -0.15) is 0 Å². The Balaban J connectivity index is 2.14. The van der Waals surface area contributed by atoms with Crippen molar-refractivity contribution < 1.29 is 5.11 Å². The lowest BCUT2D eigenvalue weighted by Crippen LogP contribution is -2.07. The normalized spacial score (nSPS) is 12.7. The Morgan fingerprint density at radius 1 is 1.31 bits per heavy atom. The van der Waals surface area contributed by atoms with Crippen molar-refractivity contribution in [2.45, 2.75) is 26.5 Å². The summed E-state index contributed by atoms with van der Waals surface area (Å²) in [6.07, 6.45) is 4.80. The smallest absolute Gasteiger partial charge is 0.0969 e. The van der Waals surface area contributed by atoms with Crippen molar-refractivity contribution in [1.82, 2.24) is 9.55 Å². The molecule has 1 aromatic heterocycles. The molecule has 0 radical (unpaired) electrons. The molecule has 84 valence electrons. The van der Waals surface area contributed by atoms with Crippen molar-refractivity contribution in [3.8, 4) is 0 Å². The fourth-order valence-electron chi connectivity index (χ4n) is 1.67. The summed E-state index contributed by atoms with van der Waals surface area (Å²) in [6, 6.07) is 6.06. The fraction of sp³-hybridized carbons (Fsp3) is 0.308. The van der Waals surface area contributed by atoms with Gasteiger partial charge in [-0.25, -0.2) is 4.98 Å². The number of nitrogens with zero attached hydrogens (tertiary/aromatic N) is 2. The van der Waals surface area contributed by atoms with Gasteiger partial charge in [-0.1, -0.05) is 18.2 Å². The zero-order valence-electron chi connectivity index (χ0n) is 9.59. The van der Waals surface area contributed by atoms with Crippen molar-refractivity contribution in [3.05, 3.63) is 53.6 Å². The summed E-state index contributed by atoms with van der Waals surface area (Å²) in [5, 5.41) is 10.1. The molecule has 1 aromatic carbocycles. The molecule has 0 bridgehead atoms. The van der Waals surface area contributed by atoms with Crippen LogP contribution in [0.5, 0.6) is 0 Å². The first-order chi connectivity index (χ1) is 7.66. The number of aryl methyl sites for hydroxylation is 2. The summed E-state index contributed by atoms with van der Waals surface area (Å²) in [4.78, 5) is 3.95. The van der Waals surface area contributed by atoms with Crippen molar-refractivity contribution in [3.63, 3.8) is 0 Å². The first-order valence-electron chi connectivity index (χ1n) is 5.38. The van der Waals surface area contributed by atoms with E-state index in [9.17, 15) is 5.11 Å². The van der Waals surface area contributed by atoms with Crippen LogP contribution < -0.4 is 0 Å². The van der Waals surface area contributed by atoms with Crippen LogP contribution in [0.3, 0.4) is 0 Å². The number of imidazole rings is 1. The van der Waals surface area contributed by atoms with Crippen LogP contribution in [0, 0.1) is 13.8 Å². The molecule has 0 saturated heterocycles. The minimum absolute atomic E-state index is 0.478. The molecule has 1 unspecified atom stereocenters. The Morgan fingerprint density at radius 2 is 2.12 bits per heavy atom. The van der Waals surface area contributed by atoms with Gasteiger partial charge >= 0.3 is 0 Å². The molecule has 0 aliphatic carbocycles. The lowest BCUT2D eigenvalue weighted by molar-refractivity contribution is 0.156. The quantitative estimate of drug-likeness (QED) is 0.854. The molecule has 1 atom stereocenters. The summed E-state index contributed by atoms with van der Waals surface area (Å²) in [5.41, 5.74) is 3.41. The highest BCUT2D eigenvalue weighted by Crippen LogP contribution is 2.18. The van der Waals surface area contributed by atoms with E-state index in [-0.39, 0.29) is 0 Å². The highest BCUT2D eigenvalue weighted by atomic mass is 16.3. The SMILES string of the molecule is Cc1ccc(C(O)Cn2ccnc2)cc1C. The zero-order chi connectivity index (χ0) is 11.5. The van der Waals surface area contributed by atoms with E-state index in [2.05, 4.69) is 18.8 Å². The van der Waals surface area contributed by atoms with Crippen LogP contribution in [-0.2, 0) is 6.54 Å². The molecule has 0 saturated carbocycles. The molecule has 2 aromatic rings. The minimum Gasteiger partial charge on any atom is -0.387 e. The topological polar surface area (TPSA) is 38.0 Å². The van der Waals surface area contributed by atoms with E-state index in [1.165, 1.54) is 11.1 Å². The second-order valence-corrected chi connectivity index (χ2v) is 4.12. The van der Waals surface area contributed by atoms with E-state index in [0.29, 0.717) is 6.54 Å². The second-order valence-electron chi connectivity index (χ2n) is 4.12. The number of hydrogen-bond acceptors (Lipinski definition) is 2. The Kier molecular flexibility index (Phi) is 3.06. The highest BCUT2D eigenvalue weighted by Gasteiger charge is 2.08. The summed E-state index contributed by atoms with van der Waals surface area (Å²) in [5.74, 6) is 0. The molecule has 0 amide bonds. The van der Waals surface area contributed by atoms with Gasteiger partial charge in [-0.05, 0) is 30.5 Å². The molecule has 3 heteroatoms. The van der Waals surface area contributed by atoms with E-state index in [1.807, 2.05) is 29.0 Å². The van der Waals surface area contributed by atoms with Gasteiger partial charge < -0.3 is 9.67 Å². The maximum Gasteiger partial charge on any atom is 0.0969 e. The van der Waals surface area contributed by atoms with Gasteiger partial charge in [0.05, 0.1) is 19.0 Å². The zero-order valence-corrected chi connectivity index (χ0v) is 9.59. The minimum atomic E-state index is -0.478. The van der Waals surface area contributed by atoms with Gasteiger partial charge in [0, 0.05) is 12.4 Å². The first kappa shape index (κ1) is 10.9. The maximum absolute atomic E-state index is 10.1. The summed E-state index contributed by atoms with van der Waals surface area (Å²) >= 11 is 0. The summed E-state index contributed by atoms with van der Waals surface area (Å²) < 4.78 is 1.87. The first-order valence-corrected chi connectivity index (χ1v) is 5.38. The van der Waals surface area contributed by atoms with Crippen LogP contribution in [0.4, 0.5) is 0 Å². The molecular formula is C13H16N2O. The molecular weight excluding hydrogens is 200 g/mol. The van der Waals surface area contributed by atoms with Crippen molar-refractivity contribution in [2.24, 2.45) is 0 Å². The average Bonchev–Trinajstić information content (AvgIpc) is 2.74. The fourth-order valence-corrected chi connectivity index (χ4v) is 1.67. The monoisotopic (exact) mass is 216 g/mol. The van der Waals surface area contributed by atoms with E-state index < -0.39 is 6.10 Å². The van der Waals surface area contributed by atoms with Gasteiger partial charge in [0.2, 0.25) is 0 Å². The number of hydrogen-bond donors (Lipinski definition) is 1. The molecule has 1 N–H and O–H groups in total. The van der Waals surface area contributed by atoms with Gasteiger partial charge in [0.15, 0.2) is 0 Å². The Bertz CT molecular complexity index is 463. The lowest BCUT2D eigenvalue weighted by Gasteiger charge is -2.13. The molecule has 16 heavy (non-hydrogen) atoms. The lowest BCUT2D eigenvalue weighted by atomic mass is 10.0. The van der Waals surface area contributed by atoms with Gasteiger partial charge in [-0.15, -0.1) is 0 Å². The van der Waals surface area contributed by atoms with Crippen LogP contribution in [0.25, 0.3) is 0 Å². The molecule has 0 fully saturated rings. The maximum atomic E-state index is 10.1. The molecule has 3 nitrogen and oxygen atoms in total. The largest absolute Gasteiger partial charge is 0.387 e. The van der Waals surface area contributed by atoms with Gasteiger partial charge in [-0.3, -0.25) is 0 Å². The van der Waals surface area contributed by atoms with Crippen LogP contribution in [0.15, 0.2) is 36.9 Å². The van der Waals surface area contributed by atoms with Crippen molar-refractivity contribution >= 4 is 0 Å². The van der Waals surface area contributed by atoms with E-state index >= 15 is 0 Å². The third-order valence-electron chi connectivity index (χ3n) is 2.86. The van der Waals surface area contributed by atoms with Crippen LogP contribution >= 0.6 is 0 Å². The Hall–Kier alpha value is -1.61. The third-order valence-corrected chi connectivity index (χ3v) is 2.86. The highest BCUT2D eigenvalue weighted by molar-refractivity contribution is 5.31. The predicted octanol–water partition coefficient (Wildman–Crippen LogP) is 2.23. The van der Waals surface area contributed by atoms with Crippen molar-refractivity contribution in [1.29, 1.82) is 0 Å². The Labute approximate surface area is 95.4 Å². The molecule has 2 rings (SSSR count). The van der Waals surface area contributed by atoms with E-state index in [1.54, 1.807) is 12.5 Å². The Morgan fingerprint density at radius 3 is 2.75 bits per heavy atom. The molecule has 1 heterocycles. The average molecular weight is 216 g/mol. The van der Waals surface area contributed by atoms with Gasteiger partial charge in [0.25, 0.3) is 0 Å². The predicted molar refractivity (Wildman–Crippen MR) is 63.1 cm³/mol.